The van der Waals surface area contributed by atoms with Gasteiger partial charge in [-0.2, -0.15) is 0 Å². The van der Waals surface area contributed by atoms with Crippen molar-refractivity contribution in [1.82, 2.24) is 4.90 Å². The van der Waals surface area contributed by atoms with Crippen molar-refractivity contribution in [3.8, 4) is 0 Å². The summed E-state index contributed by atoms with van der Waals surface area (Å²) in [6, 6.07) is 23.5. The number of fused-ring (bicyclic) bond motifs is 1. The predicted molar refractivity (Wildman–Crippen MR) is 103 cm³/mol. The third-order valence-electron chi connectivity index (χ3n) is 4.79. The van der Waals surface area contributed by atoms with Crippen molar-refractivity contribution in [3.63, 3.8) is 0 Å². The summed E-state index contributed by atoms with van der Waals surface area (Å²) in [6.45, 7) is 5.20. The van der Waals surface area contributed by atoms with Crippen LogP contribution in [0.5, 0.6) is 0 Å². The summed E-state index contributed by atoms with van der Waals surface area (Å²) in [4.78, 5) is 4.91. The fraction of sp³-hybridized carbons (Fsp3) is 0.238. The molecule has 0 aliphatic carbocycles. The Morgan fingerprint density at radius 3 is 2.25 bits per heavy atom. The fourth-order valence-corrected chi connectivity index (χ4v) is 3.71. The molecule has 1 aliphatic heterocycles. The van der Waals surface area contributed by atoms with Gasteiger partial charge in [0, 0.05) is 32.7 Å². The standard InChI is InChI=1S/C21H21ClN2/c22-20-7-3-4-8-21(20)24-13-11-23(12-14-24)16-17-9-10-18-5-1-2-6-19(18)15-17/h1-10,15H,11-14,16H2. The highest BCUT2D eigenvalue weighted by molar-refractivity contribution is 6.33. The van der Waals surface area contributed by atoms with E-state index >= 15 is 0 Å². The molecule has 0 amide bonds. The van der Waals surface area contributed by atoms with Gasteiger partial charge in [-0.25, -0.2) is 0 Å². The molecular weight excluding hydrogens is 316 g/mol. The van der Waals surface area contributed by atoms with E-state index in [1.165, 1.54) is 16.3 Å². The third kappa shape index (κ3) is 3.26. The van der Waals surface area contributed by atoms with E-state index in [0.29, 0.717) is 0 Å². The minimum atomic E-state index is 0.848. The van der Waals surface area contributed by atoms with Crippen molar-refractivity contribution < 1.29 is 0 Å². The van der Waals surface area contributed by atoms with E-state index in [1.54, 1.807) is 0 Å². The van der Waals surface area contributed by atoms with Gasteiger partial charge in [-0.15, -0.1) is 0 Å². The topological polar surface area (TPSA) is 6.48 Å². The Morgan fingerprint density at radius 1 is 0.750 bits per heavy atom. The van der Waals surface area contributed by atoms with E-state index in [9.17, 15) is 0 Å². The maximum atomic E-state index is 6.32. The largest absolute Gasteiger partial charge is 0.368 e. The van der Waals surface area contributed by atoms with E-state index in [1.807, 2.05) is 12.1 Å². The Morgan fingerprint density at radius 2 is 1.46 bits per heavy atom. The highest BCUT2D eigenvalue weighted by Gasteiger charge is 2.18. The number of piperazine rings is 1. The first-order valence-corrected chi connectivity index (χ1v) is 8.87. The molecule has 122 valence electrons. The van der Waals surface area contributed by atoms with Gasteiger partial charge in [-0.05, 0) is 34.5 Å². The van der Waals surface area contributed by atoms with Gasteiger partial charge in [0.15, 0.2) is 0 Å². The van der Waals surface area contributed by atoms with Crippen molar-refractivity contribution in [2.24, 2.45) is 0 Å². The Balaban J connectivity index is 1.41. The van der Waals surface area contributed by atoms with E-state index in [-0.39, 0.29) is 0 Å². The smallest absolute Gasteiger partial charge is 0.0639 e. The van der Waals surface area contributed by atoms with E-state index < -0.39 is 0 Å². The summed E-state index contributed by atoms with van der Waals surface area (Å²) in [5, 5.41) is 3.48. The Hall–Kier alpha value is -2.03. The van der Waals surface area contributed by atoms with Crippen LogP contribution in [-0.4, -0.2) is 31.1 Å². The first kappa shape index (κ1) is 15.5. The summed E-state index contributed by atoms with van der Waals surface area (Å²) >= 11 is 6.32. The van der Waals surface area contributed by atoms with Gasteiger partial charge in [0.05, 0.1) is 10.7 Å². The Bertz CT molecular complexity index is 838. The van der Waals surface area contributed by atoms with Crippen molar-refractivity contribution in [2.45, 2.75) is 6.54 Å². The van der Waals surface area contributed by atoms with Crippen LogP contribution in [0.25, 0.3) is 10.8 Å². The molecule has 0 aromatic heterocycles. The van der Waals surface area contributed by atoms with Crippen molar-refractivity contribution in [1.29, 1.82) is 0 Å². The SMILES string of the molecule is Clc1ccccc1N1CCN(Cc2ccc3ccccc3c2)CC1. The van der Waals surface area contributed by atoms with Gasteiger partial charge in [0.1, 0.15) is 0 Å². The zero-order chi connectivity index (χ0) is 16.4. The molecule has 0 unspecified atom stereocenters. The van der Waals surface area contributed by atoms with Gasteiger partial charge in [0.2, 0.25) is 0 Å². The van der Waals surface area contributed by atoms with Crippen LogP contribution in [0.4, 0.5) is 5.69 Å². The second kappa shape index (κ2) is 6.84. The first-order valence-electron chi connectivity index (χ1n) is 8.49. The molecule has 2 nitrogen and oxygen atoms in total. The number of hydrogen-bond acceptors (Lipinski definition) is 2. The lowest BCUT2D eigenvalue weighted by atomic mass is 10.1. The quantitative estimate of drug-likeness (QED) is 0.677. The number of hydrogen-bond donors (Lipinski definition) is 0. The highest BCUT2D eigenvalue weighted by atomic mass is 35.5. The lowest BCUT2D eigenvalue weighted by Gasteiger charge is -2.36. The van der Waals surface area contributed by atoms with Crippen LogP contribution >= 0.6 is 11.6 Å². The van der Waals surface area contributed by atoms with E-state index in [2.05, 4.69) is 64.4 Å². The first-order chi connectivity index (χ1) is 11.8. The Kier molecular flexibility index (Phi) is 4.42. The molecule has 1 saturated heterocycles. The van der Waals surface area contributed by atoms with E-state index in [0.717, 1.165) is 43.4 Å². The maximum Gasteiger partial charge on any atom is 0.0639 e. The van der Waals surface area contributed by atoms with Crippen molar-refractivity contribution >= 4 is 28.1 Å². The molecule has 0 radical (unpaired) electrons. The van der Waals surface area contributed by atoms with Gasteiger partial charge in [0.25, 0.3) is 0 Å². The molecule has 3 heteroatoms. The minimum absolute atomic E-state index is 0.848. The molecule has 0 atom stereocenters. The van der Waals surface area contributed by atoms with Gasteiger partial charge < -0.3 is 4.90 Å². The average Bonchev–Trinajstić information content (AvgIpc) is 2.63. The molecule has 24 heavy (non-hydrogen) atoms. The van der Waals surface area contributed by atoms with Crippen LogP contribution in [0.2, 0.25) is 5.02 Å². The molecular formula is C21H21ClN2. The minimum Gasteiger partial charge on any atom is -0.368 e. The van der Waals surface area contributed by atoms with Crippen LogP contribution in [0, 0.1) is 0 Å². The maximum absolute atomic E-state index is 6.32. The molecule has 4 rings (SSSR count). The normalized spacial score (nSPS) is 15.8. The zero-order valence-electron chi connectivity index (χ0n) is 13.7. The number of benzene rings is 3. The van der Waals surface area contributed by atoms with Gasteiger partial charge in [-0.3, -0.25) is 4.90 Å². The monoisotopic (exact) mass is 336 g/mol. The number of para-hydroxylation sites is 1. The fourth-order valence-electron chi connectivity index (χ4n) is 3.45. The second-order valence-corrected chi connectivity index (χ2v) is 6.80. The summed E-state index contributed by atoms with van der Waals surface area (Å²) in [7, 11) is 0. The average molecular weight is 337 g/mol. The molecule has 3 aromatic rings. The van der Waals surface area contributed by atoms with E-state index in [4.69, 9.17) is 11.6 Å². The van der Waals surface area contributed by atoms with Crippen LogP contribution in [0.15, 0.2) is 66.7 Å². The summed E-state index contributed by atoms with van der Waals surface area (Å²) in [5.74, 6) is 0. The molecule has 3 aromatic carbocycles. The van der Waals surface area contributed by atoms with Crippen LogP contribution in [-0.2, 0) is 6.54 Å². The summed E-state index contributed by atoms with van der Waals surface area (Å²) in [6.07, 6.45) is 0. The molecule has 1 heterocycles. The van der Waals surface area contributed by atoms with Crippen LogP contribution in [0.1, 0.15) is 5.56 Å². The summed E-state index contributed by atoms with van der Waals surface area (Å²) < 4.78 is 0. The molecule has 0 N–H and O–H groups in total. The second-order valence-electron chi connectivity index (χ2n) is 6.40. The van der Waals surface area contributed by atoms with Gasteiger partial charge >= 0.3 is 0 Å². The molecule has 0 saturated carbocycles. The lowest BCUT2D eigenvalue weighted by Crippen LogP contribution is -2.46. The molecule has 0 spiro atoms. The van der Waals surface area contributed by atoms with Crippen LogP contribution in [0.3, 0.4) is 0 Å². The molecule has 1 aliphatic rings. The number of rotatable bonds is 3. The molecule has 1 fully saturated rings. The van der Waals surface area contributed by atoms with Gasteiger partial charge in [-0.1, -0.05) is 60.1 Å². The zero-order valence-corrected chi connectivity index (χ0v) is 14.4. The number of anilines is 1. The van der Waals surface area contributed by atoms with Crippen molar-refractivity contribution in [2.75, 3.05) is 31.1 Å². The molecule has 0 bridgehead atoms. The predicted octanol–water partition coefficient (Wildman–Crippen LogP) is 4.82. The highest BCUT2D eigenvalue weighted by Crippen LogP contribution is 2.26. The third-order valence-corrected chi connectivity index (χ3v) is 5.11. The van der Waals surface area contributed by atoms with Crippen LogP contribution < -0.4 is 4.90 Å². The lowest BCUT2D eigenvalue weighted by molar-refractivity contribution is 0.250. The number of nitrogens with zero attached hydrogens (tertiary/aromatic N) is 2. The Labute approximate surface area is 148 Å². The van der Waals surface area contributed by atoms with Crippen molar-refractivity contribution in [3.05, 3.63) is 77.3 Å². The number of halogens is 1. The summed E-state index contributed by atoms with van der Waals surface area (Å²) in [5.41, 5.74) is 2.55.